The average Bonchev–Trinajstić information content (AvgIpc) is 2.75. The third kappa shape index (κ3) is 6.52. The Morgan fingerprint density at radius 3 is 2.34 bits per heavy atom. The lowest BCUT2D eigenvalue weighted by molar-refractivity contribution is -0.142. The number of methoxy groups -OCH3 is 1. The van der Waals surface area contributed by atoms with Crippen LogP contribution in [0.1, 0.15) is 31.4 Å². The second-order valence-electron chi connectivity index (χ2n) is 6.91. The van der Waals surface area contributed by atoms with Crippen molar-refractivity contribution in [3.63, 3.8) is 0 Å². The van der Waals surface area contributed by atoms with E-state index < -0.39 is 6.04 Å². The fourth-order valence-electron chi connectivity index (χ4n) is 2.83. The van der Waals surface area contributed by atoms with Gasteiger partial charge in [-0.15, -0.1) is 0 Å². The molecule has 0 aliphatic carbocycles. The van der Waals surface area contributed by atoms with Crippen molar-refractivity contribution in [2.75, 3.05) is 20.3 Å². The van der Waals surface area contributed by atoms with Crippen LogP contribution in [-0.2, 0) is 16.1 Å². The number of carbonyl (C=O) groups excluding carboxylic acids is 2. The van der Waals surface area contributed by atoms with Crippen LogP contribution in [-0.4, -0.2) is 43.0 Å². The van der Waals surface area contributed by atoms with Gasteiger partial charge in [-0.25, -0.2) is 0 Å². The van der Waals surface area contributed by atoms with Crippen molar-refractivity contribution in [3.05, 3.63) is 59.7 Å². The Morgan fingerprint density at radius 2 is 1.72 bits per heavy atom. The van der Waals surface area contributed by atoms with Crippen LogP contribution in [0.5, 0.6) is 11.5 Å². The molecule has 0 aliphatic rings. The van der Waals surface area contributed by atoms with Gasteiger partial charge in [-0.3, -0.25) is 9.59 Å². The molecule has 1 N–H and O–H groups in total. The maximum absolute atomic E-state index is 13.0. The molecule has 1 atom stereocenters. The summed E-state index contributed by atoms with van der Waals surface area (Å²) < 4.78 is 11.0. The number of amides is 2. The quantitative estimate of drug-likeness (QED) is 0.667. The van der Waals surface area contributed by atoms with Gasteiger partial charge in [0, 0.05) is 13.1 Å². The number of para-hydroxylation sites is 2. The number of nitrogens with zero attached hydrogens (tertiary/aromatic N) is 1. The standard InChI is InChI=1S/C23H30N2O4/c1-5-14-24-23(27)18(3)25(15-19-12-10-17(2)11-13-19)22(26)16-29-21-9-7-6-8-20(21)28-4/h6-13,18H,5,14-16H2,1-4H3,(H,24,27)/t18-/m0/s1. The number of rotatable bonds is 10. The molecule has 2 aromatic carbocycles. The minimum absolute atomic E-state index is 0.176. The lowest BCUT2D eigenvalue weighted by Gasteiger charge is -2.29. The number of carbonyl (C=O) groups is 2. The summed E-state index contributed by atoms with van der Waals surface area (Å²) in [6.07, 6.45) is 0.835. The normalized spacial score (nSPS) is 11.4. The zero-order valence-electron chi connectivity index (χ0n) is 17.6. The second-order valence-corrected chi connectivity index (χ2v) is 6.91. The maximum atomic E-state index is 13.0. The fourth-order valence-corrected chi connectivity index (χ4v) is 2.83. The van der Waals surface area contributed by atoms with E-state index in [-0.39, 0.29) is 18.4 Å². The molecule has 0 heterocycles. The van der Waals surface area contributed by atoms with Gasteiger partial charge in [-0.2, -0.15) is 0 Å². The molecule has 0 bridgehead atoms. The van der Waals surface area contributed by atoms with E-state index in [0.29, 0.717) is 24.6 Å². The van der Waals surface area contributed by atoms with E-state index in [1.165, 1.54) is 0 Å². The van der Waals surface area contributed by atoms with Crippen molar-refractivity contribution >= 4 is 11.8 Å². The Kier molecular flexibility index (Phi) is 8.52. The summed E-state index contributed by atoms with van der Waals surface area (Å²) in [4.78, 5) is 27.0. The summed E-state index contributed by atoms with van der Waals surface area (Å²) in [6, 6.07) is 14.5. The van der Waals surface area contributed by atoms with Gasteiger partial charge in [-0.1, -0.05) is 48.9 Å². The van der Waals surface area contributed by atoms with Gasteiger partial charge < -0.3 is 19.7 Å². The zero-order valence-corrected chi connectivity index (χ0v) is 17.6. The van der Waals surface area contributed by atoms with Gasteiger partial charge in [0.25, 0.3) is 5.91 Å². The molecule has 0 fully saturated rings. The molecule has 2 amide bonds. The second kappa shape index (κ2) is 11.1. The zero-order chi connectivity index (χ0) is 21.2. The van der Waals surface area contributed by atoms with E-state index in [1.807, 2.05) is 50.2 Å². The van der Waals surface area contributed by atoms with Crippen LogP contribution in [0.15, 0.2) is 48.5 Å². The molecule has 2 rings (SSSR count). The number of hydrogen-bond acceptors (Lipinski definition) is 4. The first-order chi connectivity index (χ1) is 14.0. The van der Waals surface area contributed by atoms with Crippen LogP contribution in [0.2, 0.25) is 0 Å². The van der Waals surface area contributed by atoms with Crippen LogP contribution >= 0.6 is 0 Å². The van der Waals surface area contributed by atoms with Crippen LogP contribution in [0.25, 0.3) is 0 Å². The number of ether oxygens (including phenoxy) is 2. The number of benzene rings is 2. The Labute approximate surface area is 172 Å². The van der Waals surface area contributed by atoms with Crippen molar-refractivity contribution in [3.8, 4) is 11.5 Å². The fraction of sp³-hybridized carbons (Fsp3) is 0.391. The summed E-state index contributed by atoms with van der Waals surface area (Å²) in [5.41, 5.74) is 2.09. The predicted molar refractivity (Wildman–Crippen MR) is 113 cm³/mol. The molecule has 0 radical (unpaired) electrons. The highest BCUT2D eigenvalue weighted by atomic mass is 16.5. The van der Waals surface area contributed by atoms with Crippen LogP contribution < -0.4 is 14.8 Å². The highest BCUT2D eigenvalue weighted by molar-refractivity contribution is 5.88. The molecule has 29 heavy (non-hydrogen) atoms. The molecule has 0 spiro atoms. The smallest absolute Gasteiger partial charge is 0.261 e. The molecule has 156 valence electrons. The highest BCUT2D eigenvalue weighted by Crippen LogP contribution is 2.25. The minimum Gasteiger partial charge on any atom is -0.493 e. The van der Waals surface area contributed by atoms with Crippen LogP contribution in [0.4, 0.5) is 0 Å². The molecular weight excluding hydrogens is 368 g/mol. The molecular formula is C23H30N2O4. The van der Waals surface area contributed by atoms with Crippen molar-refractivity contribution in [1.82, 2.24) is 10.2 Å². The molecule has 6 heteroatoms. The summed E-state index contributed by atoms with van der Waals surface area (Å²) >= 11 is 0. The maximum Gasteiger partial charge on any atom is 0.261 e. The molecule has 2 aromatic rings. The number of aryl methyl sites for hydroxylation is 1. The van der Waals surface area contributed by atoms with E-state index in [4.69, 9.17) is 9.47 Å². The molecule has 0 aromatic heterocycles. The molecule has 0 saturated carbocycles. The average molecular weight is 399 g/mol. The Balaban J connectivity index is 2.14. The monoisotopic (exact) mass is 398 g/mol. The van der Waals surface area contributed by atoms with Crippen molar-refractivity contribution < 1.29 is 19.1 Å². The van der Waals surface area contributed by atoms with Gasteiger partial charge in [0.05, 0.1) is 7.11 Å². The first-order valence-corrected chi connectivity index (χ1v) is 9.84. The summed E-state index contributed by atoms with van der Waals surface area (Å²) in [7, 11) is 1.55. The summed E-state index contributed by atoms with van der Waals surface area (Å²) in [6.45, 7) is 6.45. The van der Waals surface area contributed by atoms with Crippen molar-refractivity contribution in [1.29, 1.82) is 0 Å². The van der Waals surface area contributed by atoms with Gasteiger partial charge in [0.2, 0.25) is 5.91 Å². The Hall–Kier alpha value is -3.02. The molecule has 0 aliphatic heterocycles. The topological polar surface area (TPSA) is 67.9 Å². The third-order valence-electron chi connectivity index (χ3n) is 4.61. The Morgan fingerprint density at radius 1 is 1.07 bits per heavy atom. The summed E-state index contributed by atoms with van der Waals surface area (Å²) in [5.74, 6) is 0.598. The Bertz CT molecular complexity index is 805. The number of nitrogens with one attached hydrogen (secondary N) is 1. The van der Waals surface area contributed by atoms with Gasteiger partial charge in [-0.05, 0) is 38.0 Å². The SMILES string of the molecule is CCCNC(=O)[C@H](C)N(Cc1ccc(C)cc1)C(=O)COc1ccccc1OC. The van der Waals surface area contributed by atoms with E-state index in [2.05, 4.69) is 5.32 Å². The predicted octanol–water partition coefficient (Wildman–Crippen LogP) is 3.33. The van der Waals surface area contributed by atoms with E-state index >= 15 is 0 Å². The first kappa shape index (κ1) is 22.3. The lowest BCUT2D eigenvalue weighted by atomic mass is 10.1. The van der Waals surface area contributed by atoms with Crippen molar-refractivity contribution in [2.24, 2.45) is 0 Å². The van der Waals surface area contributed by atoms with E-state index in [1.54, 1.807) is 31.1 Å². The van der Waals surface area contributed by atoms with Gasteiger partial charge >= 0.3 is 0 Å². The van der Waals surface area contributed by atoms with Crippen LogP contribution in [0.3, 0.4) is 0 Å². The first-order valence-electron chi connectivity index (χ1n) is 9.84. The van der Waals surface area contributed by atoms with Gasteiger partial charge in [0.15, 0.2) is 18.1 Å². The minimum atomic E-state index is -0.614. The van der Waals surface area contributed by atoms with E-state index in [0.717, 1.165) is 17.5 Å². The van der Waals surface area contributed by atoms with Gasteiger partial charge in [0.1, 0.15) is 6.04 Å². The molecule has 0 saturated heterocycles. The highest BCUT2D eigenvalue weighted by Gasteiger charge is 2.26. The van der Waals surface area contributed by atoms with E-state index in [9.17, 15) is 9.59 Å². The lowest BCUT2D eigenvalue weighted by Crippen LogP contribution is -2.49. The summed E-state index contributed by atoms with van der Waals surface area (Å²) in [5, 5.41) is 2.86. The molecule has 0 unspecified atom stereocenters. The third-order valence-corrected chi connectivity index (χ3v) is 4.61. The molecule has 6 nitrogen and oxygen atoms in total. The van der Waals surface area contributed by atoms with Crippen molar-refractivity contribution in [2.45, 2.75) is 39.8 Å². The largest absolute Gasteiger partial charge is 0.493 e. The number of hydrogen-bond donors (Lipinski definition) is 1. The van der Waals surface area contributed by atoms with Crippen LogP contribution in [0, 0.1) is 6.92 Å².